The Morgan fingerprint density at radius 1 is 1.29 bits per heavy atom. The van der Waals surface area contributed by atoms with E-state index in [0.29, 0.717) is 5.92 Å². The molecule has 0 saturated carbocycles. The SMILES string of the molecule is C=C(c1ccccc1)[C@@H]1CCCNC1. The Labute approximate surface area is 85.8 Å². The minimum absolute atomic E-state index is 0.631. The van der Waals surface area contributed by atoms with E-state index in [9.17, 15) is 0 Å². The first-order chi connectivity index (χ1) is 6.88. The average Bonchev–Trinajstić information content (AvgIpc) is 2.30. The fourth-order valence-electron chi connectivity index (χ4n) is 2.04. The normalized spacial score (nSPS) is 21.9. The van der Waals surface area contributed by atoms with E-state index in [1.807, 2.05) is 0 Å². The van der Waals surface area contributed by atoms with Gasteiger partial charge in [-0.2, -0.15) is 0 Å². The molecule has 0 spiro atoms. The molecule has 1 heterocycles. The lowest BCUT2D eigenvalue weighted by atomic mass is 9.88. The maximum Gasteiger partial charge on any atom is 0.00201 e. The zero-order valence-electron chi connectivity index (χ0n) is 8.50. The van der Waals surface area contributed by atoms with Crippen molar-refractivity contribution in [1.29, 1.82) is 0 Å². The van der Waals surface area contributed by atoms with Crippen molar-refractivity contribution < 1.29 is 0 Å². The molecule has 14 heavy (non-hydrogen) atoms. The predicted octanol–water partition coefficient (Wildman–Crippen LogP) is 2.70. The first kappa shape index (κ1) is 9.47. The van der Waals surface area contributed by atoms with E-state index in [2.05, 4.69) is 42.2 Å². The van der Waals surface area contributed by atoms with Crippen molar-refractivity contribution in [3.63, 3.8) is 0 Å². The maximum absolute atomic E-state index is 4.21. The van der Waals surface area contributed by atoms with Crippen LogP contribution in [0.1, 0.15) is 18.4 Å². The van der Waals surface area contributed by atoms with Crippen molar-refractivity contribution in [2.24, 2.45) is 5.92 Å². The second kappa shape index (κ2) is 4.43. The number of hydrogen-bond acceptors (Lipinski definition) is 1. The van der Waals surface area contributed by atoms with Crippen molar-refractivity contribution in [2.75, 3.05) is 13.1 Å². The van der Waals surface area contributed by atoms with Gasteiger partial charge in [0.05, 0.1) is 0 Å². The van der Waals surface area contributed by atoms with Gasteiger partial charge in [0.2, 0.25) is 0 Å². The minimum Gasteiger partial charge on any atom is -0.316 e. The summed E-state index contributed by atoms with van der Waals surface area (Å²) in [4.78, 5) is 0. The van der Waals surface area contributed by atoms with Gasteiger partial charge in [-0.1, -0.05) is 36.9 Å². The highest BCUT2D eigenvalue weighted by atomic mass is 14.9. The molecule has 1 atom stereocenters. The summed E-state index contributed by atoms with van der Waals surface area (Å²) in [5.41, 5.74) is 2.58. The van der Waals surface area contributed by atoms with E-state index in [0.717, 1.165) is 6.54 Å². The molecular formula is C13H17N. The molecule has 1 aromatic carbocycles. The van der Waals surface area contributed by atoms with Gasteiger partial charge in [-0.25, -0.2) is 0 Å². The summed E-state index contributed by atoms with van der Waals surface area (Å²) in [6.07, 6.45) is 2.55. The molecule has 1 aliphatic rings. The summed E-state index contributed by atoms with van der Waals surface area (Å²) in [5, 5.41) is 3.42. The van der Waals surface area contributed by atoms with Crippen LogP contribution >= 0.6 is 0 Å². The van der Waals surface area contributed by atoms with E-state index < -0.39 is 0 Å². The number of benzene rings is 1. The van der Waals surface area contributed by atoms with Gasteiger partial charge in [0.25, 0.3) is 0 Å². The number of piperidine rings is 1. The van der Waals surface area contributed by atoms with E-state index in [1.54, 1.807) is 0 Å². The Morgan fingerprint density at radius 3 is 2.71 bits per heavy atom. The Bertz CT molecular complexity index is 296. The van der Waals surface area contributed by atoms with E-state index in [-0.39, 0.29) is 0 Å². The third-order valence-electron chi connectivity index (χ3n) is 2.93. The zero-order valence-corrected chi connectivity index (χ0v) is 8.50. The van der Waals surface area contributed by atoms with Gasteiger partial charge in [-0.15, -0.1) is 0 Å². The molecule has 1 saturated heterocycles. The Kier molecular flexibility index (Phi) is 3.00. The monoisotopic (exact) mass is 187 g/mol. The van der Waals surface area contributed by atoms with Gasteiger partial charge in [0, 0.05) is 6.54 Å². The molecule has 0 bridgehead atoms. The number of hydrogen-bond donors (Lipinski definition) is 1. The third-order valence-corrected chi connectivity index (χ3v) is 2.93. The molecule has 0 aromatic heterocycles. The summed E-state index contributed by atoms with van der Waals surface area (Å²) in [7, 11) is 0. The second-order valence-corrected chi connectivity index (χ2v) is 3.93. The summed E-state index contributed by atoms with van der Waals surface area (Å²) < 4.78 is 0. The highest BCUT2D eigenvalue weighted by Crippen LogP contribution is 2.26. The van der Waals surface area contributed by atoms with Crippen LogP contribution in [-0.4, -0.2) is 13.1 Å². The van der Waals surface area contributed by atoms with Gasteiger partial charge < -0.3 is 5.32 Å². The van der Waals surface area contributed by atoms with Crippen LogP contribution in [0.4, 0.5) is 0 Å². The molecule has 0 unspecified atom stereocenters. The van der Waals surface area contributed by atoms with Crippen LogP contribution in [0.2, 0.25) is 0 Å². The molecule has 2 rings (SSSR count). The minimum atomic E-state index is 0.631. The van der Waals surface area contributed by atoms with Crippen LogP contribution in [0, 0.1) is 5.92 Å². The van der Waals surface area contributed by atoms with Crippen LogP contribution < -0.4 is 5.32 Å². The van der Waals surface area contributed by atoms with Crippen LogP contribution in [0.3, 0.4) is 0 Å². The first-order valence-corrected chi connectivity index (χ1v) is 5.33. The summed E-state index contributed by atoms with van der Waals surface area (Å²) in [6.45, 7) is 6.46. The Hall–Kier alpha value is -1.08. The molecule has 0 amide bonds. The van der Waals surface area contributed by atoms with Crippen molar-refractivity contribution >= 4 is 5.57 Å². The summed E-state index contributed by atoms with van der Waals surface area (Å²) in [6, 6.07) is 10.5. The van der Waals surface area contributed by atoms with Crippen LogP contribution in [0.5, 0.6) is 0 Å². The molecule has 1 heteroatoms. The molecule has 0 radical (unpaired) electrons. The quantitative estimate of drug-likeness (QED) is 0.750. The fourth-order valence-corrected chi connectivity index (χ4v) is 2.04. The van der Waals surface area contributed by atoms with Crippen LogP contribution in [0.15, 0.2) is 36.9 Å². The second-order valence-electron chi connectivity index (χ2n) is 3.93. The lowest BCUT2D eigenvalue weighted by Crippen LogP contribution is -2.30. The zero-order chi connectivity index (χ0) is 9.80. The van der Waals surface area contributed by atoms with E-state index >= 15 is 0 Å². The average molecular weight is 187 g/mol. The van der Waals surface area contributed by atoms with E-state index in [4.69, 9.17) is 0 Å². The Morgan fingerprint density at radius 2 is 2.07 bits per heavy atom. The standard InChI is InChI=1S/C13H17N/c1-11(12-6-3-2-4-7-12)13-8-5-9-14-10-13/h2-4,6-7,13-14H,1,5,8-10H2/t13-/m1/s1. The van der Waals surface area contributed by atoms with Gasteiger partial charge >= 0.3 is 0 Å². The lowest BCUT2D eigenvalue weighted by molar-refractivity contribution is 0.448. The molecule has 1 nitrogen and oxygen atoms in total. The third kappa shape index (κ3) is 2.05. The van der Waals surface area contributed by atoms with Gasteiger partial charge in [0.1, 0.15) is 0 Å². The molecular weight excluding hydrogens is 170 g/mol. The topological polar surface area (TPSA) is 12.0 Å². The van der Waals surface area contributed by atoms with Crippen molar-refractivity contribution in [2.45, 2.75) is 12.8 Å². The molecule has 0 aliphatic carbocycles. The fraction of sp³-hybridized carbons (Fsp3) is 0.385. The lowest BCUT2D eigenvalue weighted by Gasteiger charge is -2.24. The van der Waals surface area contributed by atoms with Gasteiger partial charge in [0.15, 0.2) is 0 Å². The summed E-state index contributed by atoms with van der Waals surface area (Å²) in [5.74, 6) is 0.631. The first-order valence-electron chi connectivity index (χ1n) is 5.33. The van der Waals surface area contributed by atoms with E-state index in [1.165, 1.54) is 30.5 Å². The highest BCUT2D eigenvalue weighted by Gasteiger charge is 2.16. The Balaban J connectivity index is 2.07. The summed E-state index contributed by atoms with van der Waals surface area (Å²) >= 11 is 0. The van der Waals surface area contributed by atoms with Gasteiger partial charge in [-0.3, -0.25) is 0 Å². The van der Waals surface area contributed by atoms with Gasteiger partial charge in [-0.05, 0) is 36.4 Å². The molecule has 1 aliphatic heterocycles. The number of rotatable bonds is 2. The molecule has 1 aromatic rings. The number of nitrogens with one attached hydrogen (secondary N) is 1. The smallest absolute Gasteiger partial charge is 0.00201 e. The highest BCUT2D eigenvalue weighted by molar-refractivity contribution is 5.65. The molecule has 1 fully saturated rings. The van der Waals surface area contributed by atoms with Crippen LogP contribution in [0.25, 0.3) is 5.57 Å². The maximum atomic E-state index is 4.21. The van der Waals surface area contributed by atoms with Crippen molar-refractivity contribution in [3.8, 4) is 0 Å². The molecule has 1 N–H and O–H groups in total. The van der Waals surface area contributed by atoms with Crippen molar-refractivity contribution in [1.82, 2.24) is 5.32 Å². The predicted molar refractivity (Wildman–Crippen MR) is 61.1 cm³/mol. The van der Waals surface area contributed by atoms with Crippen LogP contribution in [-0.2, 0) is 0 Å². The largest absolute Gasteiger partial charge is 0.316 e. The van der Waals surface area contributed by atoms with Crippen molar-refractivity contribution in [3.05, 3.63) is 42.5 Å². The molecule has 74 valence electrons.